The maximum Gasteiger partial charge on any atom is 0.0492 e. The maximum absolute atomic E-state index is 3.46. The van der Waals surface area contributed by atoms with E-state index in [9.17, 15) is 0 Å². The first-order valence-electron chi connectivity index (χ1n) is 2.02. The van der Waals surface area contributed by atoms with Crippen LogP contribution in [0.3, 0.4) is 0 Å². The zero-order valence-electron chi connectivity index (χ0n) is 4.33. The van der Waals surface area contributed by atoms with Crippen LogP contribution in [0.5, 0.6) is 0 Å². The lowest BCUT2D eigenvalue weighted by Gasteiger charge is -1.65. The van der Waals surface area contributed by atoms with Gasteiger partial charge in [-0.25, -0.2) is 0 Å². The molecular weight excluding hydrogens is 88.1 g/mol. The van der Waals surface area contributed by atoms with E-state index in [-0.39, 0.29) is 0 Å². The van der Waals surface area contributed by atoms with E-state index < -0.39 is 0 Å². The number of hydrogen-bond donors (Lipinski definition) is 0. The second kappa shape index (κ2) is 5.08. The highest BCUT2D eigenvalue weighted by atomic mass is 15.2. The third-order valence-corrected chi connectivity index (χ3v) is 0.427. The fraction of sp³-hybridized carbons (Fsp3) is 0.200. The molecule has 0 aromatic carbocycles. The van der Waals surface area contributed by atoms with E-state index in [1.54, 1.807) is 12.3 Å². The van der Waals surface area contributed by atoms with Gasteiger partial charge in [-0.3, -0.25) is 0 Å². The average molecular weight is 96.1 g/mol. The van der Waals surface area contributed by atoms with Crippen LogP contribution in [0, 0.1) is 0 Å². The Hall–Kier alpha value is -0.920. The van der Waals surface area contributed by atoms with Gasteiger partial charge < -0.3 is 0 Å². The molecule has 7 heavy (non-hydrogen) atoms. The summed E-state index contributed by atoms with van der Waals surface area (Å²) in [7, 11) is 0. The van der Waals surface area contributed by atoms with Gasteiger partial charge in [-0.2, -0.15) is 10.2 Å². The van der Waals surface area contributed by atoms with Crippen molar-refractivity contribution in [2.45, 2.75) is 6.92 Å². The van der Waals surface area contributed by atoms with Gasteiger partial charge in [0.25, 0.3) is 0 Å². The molecule has 0 atom stereocenters. The Morgan fingerprint density at radius 3 is 2.71 bits per heavy atom. The first-order valence-corrected chi connectivity index (χ1v) is 2.02. The van der Waals surface area contributed by atoms with Crippen molar-refractivity contribution in [3.63, 3.8) is 0 Å². The third-order valence-electron chi connectivity index (χ3n) is 0.427. The topological polar surface area (TPSA) is 24.7 Å². The SMILES string of the molecule is C=NN=CC=CC. The summed E-state index contributed by atoms with van der Waals surface area (Å²) in [6.07, 6.45) is 5.23. The van der Waals surface area contributed by atoms with Gasteiger partial charge in [0.1, 0.15) is 0 Å². The van der Waals surface area contributed by atoms with Crippen LogP contribution in [0.2, 0.25) is 0 Å². The van der Waals surface area contributed by atoms with Gasteiger partial charge >= 0.3 is 0 Å². The summed E-state index contributed by atoms with van der Waals surface area (Å²) in [6, 6.07) is 0. The molecule has 0 spiro atoms. The van der Waals surface area contributed by atoms with E-state index in [4.69, 9.17) is 0 Å². The first-order chi connectivity index (χ1) is 3.41. The zero-order valence-corrected chi connectivity index (χ0v) is 4.33. The Labute approximate surface area is 43.3 Å². The van der Waals surface area contributed by atoms with Crippen LogP contribution in [0.4, 0.5) is 0 Å². The molecule has 0 rings (SSSR count). The molecule has 0 aromatic heterocycles. The van der Waals surface area contributed by atoms with E-state index in [2.05, 4.69) is 16.9 Å². The first kappa shape index (κ1) is 6.08. The second-order valence-corrected chi connectivity index (χ2v) is 0.932. The summed E-state index contributed by atoms with van der Waals surface area (Å²) >= 11 is 0. The van der Waals surface area contributed by atoms with Crippen LogP contribution < -0.4 is 0 Å². The monoisotopic (exact) mass is 96.1 g/mol. The minimum atomic E-state index is 1.58. The van der Waals surface area contributed by atoms with Gasteiger partial charge in [-0.05, 0) is 13.0 Å². The third kappa shape index (κ3) is 5.08. The highest BCUT2D eigenvalue weighted by molar-refractivity contribution is 5.70. The molecule has 0 aromatic rings. The fourth-order valence-electron chi connectivity index (χ4n) is 0.172. The molecular formula is C5H8N2. The van der Waals surface area contributed by atoms with Crippen LogP contribution in [-0.4, -0.2) is 12.9 Å². The van der Waals surface area contributed by atoms with Crippen molar-refractivity contribution in [2.75, 3.05) is 0 Å². The van der Waals surface area contributed by atoms with Gasteiger partial charge in [0, 0.05) is 12.9 Å². The van der Waals surface area contributed by atoms with Crippen molar-refractivity contribution in [3.8, 4) is 0 Å². The van der Waals surface area contributed by atoms with Crippen molar-refractivity contribution in [2.24, 2.45) is 10.2 Å². The predicted octanol–water partition coefficient (Wildman–Crippen LogP) is 1.25. The van der Waals surface area contributed by atoms with E-state index in [0.29, 0.717) is 0 Å². The quantitative estimate of drug-likeness (QED) is 0.365. The van der Waals surface area contributed by atoms with Crippen molar-refractivity contribution >= 4 is 12.9 Å². The molecule has 0 aliphatic carbocycles. The molecule has 0 aliphatic heterocycles. The standard InChI is InChI=1S/C5H8N2/c1-3-4-5-7-6-2/h3-5H,2H2,1H3. The Morgan fingerprint density at radius 1 is 1.57 bits per heavy atom. The molecule has 2 heteroatoms. The van der Waals surface area contributed by atoms with E-state index in [1.807, 2.05) is 13.0 Å². The summed E-state index contributed by atoms with van der Waals surface area (Å²) in [5.41, 5.74) is 0. The van der Waals surface area contributed by atoms with Crippen LogP contribution in [0.15, 0.2) is 22.4 Å². The lowest BCUT2D eigenvalue weighted by molar-refractivity contribution is 1.28. The minimum Gasteiger partial charge on any atom is -0.167 e. The molecule has 0 heterocycles. The smallest absolute Gasteiger partial charge is 0.0492 e. The highest BCUT2D eigenvalue weighted by Crippen LogP contribution is 1.65. The number of allylic oxidation sites excluding steroid dienone is 2. The molecule has 0 aliphatic rings. The number of nitrogens with zero attached hydrogens (tertiary/aromatic N) is 2. The molecule has 0 saturated carbocycles. The van der Waals surface area contributed by atoms with Crippen molar-refractivity contribution < 1.29 is 0 Å². The fourth-order valence-corrected chi connectivity index (χ4v) is 0.172. The normalized spacial score (nSPS) is 11.0. The molecule has 0 fully saturated rings. The van der Waals surface area contributed by atoms with Crippen LogP contribution >= 0.6 is 0 Å². The Morgan fingerprint density at radius 2 is 2.29 bits per heavy atom. The van der Waals surface area contributed by atoms with Crippen LogP contribution in [-0.2, 0) is 0 Å². The molecule has 0 bridgehead atoms. The Balaban J connectivity index is 3.27. The molecule has 0 radical (unpaired) electrons. The number of rotatable bonds is 2. The highest BCUT2D eigenvalue weighted by Gasteiger charge is 1.53. The van der Waals surface area contributed by atoms with Gasteiger partial charge in [-0.1, -0.05) is 6.08 Å². The molecule has 38 valence electrons. The van der Waals surface area contributed by atoms with Gasteiger partial charge in [-0.15, -0.1) is 0 Å². The Kier molecular flexibility index (Phi) is 4.41. The predicted molar refractivity (Wildman–Crippen MR) is 32.9 cm³/mol. The van der Waals surface area contributed by atoms with Crippen molar-refractivity contribution in [3.05, 3.63) is 12.2 Å². The van der Waals surface area contributed by atoms with E-state index in [1.165, 1.54) is 0 Å². The Bertz CT molecular complexity index is 92.3. The zero-order chi connectivity index (χ0) is 5.54. The van der Waals surface area contributed by atoms with Crippen molar-refractivity contribution in [1.29, 1.82) is 0 Å². The van der Waals surface area contributed by atoms with E-state index in [0.717, 1.165) is 0 Å². The summed E-state index contributed by atoms with van der Waals surface area (Å²) in [6.45, 7) is 5.06. The number of hydrogen-bond acceptors (Lipinski definition) is 2. The minimum absolute atomic E-state index is 1.58. The molecule has 2 nitrogen and oxygen atoms in total. The van der Waals surface area contributed by atoms with Crippen LogP contribution in [0.25, 0.3) is 0 Å². The van der Waals surface area contributed by atoms with Crippen molar-refractivity contribution in [1.82, 2.24) is 0 Å². The summed E-state index contributed by atoms with van der Waals surface area (Å²) in [5.74, 6) is 0. The largest absolute Gasteiger partial charge is 0.167 e. The van der Waals surface area contributed by atoms with Gasteiger partial charge in [0.2, 0.25) is 0 Å². The molecule has 0 saturated heterocycles. The second-order valence-electron chi connectivity index (χ2n) is 0.932. The van der Waals surface area contributed by atoms with E-state index >= 15 is 0 Å². The molecule has 0 unspecified atom stereocenters. The lowest BCUT2D eigenvalue weighted by Crippen LogP contribution is -1.56. The summed E-state index contributed by atoms with van der Waals surface area (Å²) < 4.78 is 0. The average Bonchev–Trinajstić information content (AvgIpc) is 1.69. The molecule has 0 N–H and O–H groups in total. The summed E-state index contributed by atoms with van der Waals surface area (Å²) in [4.78, 5) is 0. The maximum atomic E-state index is 3.46. The molecule has 0 amide bonds. The summed E-state index contributed by atoms with van der Waals surface area (Å²) in [5, 5.41) is 6.70. The lowest BCUT2D eigenvalue weighted by atomic mass is 10.6. The van der Waals surface area contributed by atoms with Crippen LogP contribution in [0.1, 0.15) is 6.92 Å². The van der Waals surface area contributed by atoms with Gasteiger partial charge in [0.15, 0.2) is 0 Å². The van der Waals surface area contributed by atoms with Gasteiger partial charge in [0.05, 0.1) is 0 Å².